The first-order valence-electron chi connectivity index (χ1n) is 4.43. The maximum Gasteiger partial charge on any atom is 0.303 e. The summed E-state index contributed by atoms with van der Waals surface area (Å²) in [4.78, 5) is 20.6. The monoisotopic (exact) mass is 250 g/mol. The van der Waals surface area contributed by atoms with Crippen molar-refractivity contribution < 1.29 is 14.7 Å². The van der Waals surface area contributed by atoms with E-state index in [1.54, 1.807) is 0 Å². The smallest absolute Gasteiger partial charge is 0.303 e. The number of rotatable bonds is 8. The zero-order valence-electron chi connectivity index (χ0n) is 7.54. The van der Waals surface area contributed by atoms with Gasteiger partial charge in [-0.15, -0.1) is 0 Å². The number of hydrogen-bond donors (Lipinski definition) is 1. The molecule has 1 unspecified atom stereocenters. The Balaban J connectivity index is 3.37. The molecule has 0 aromatic rings. The second-order valence-electron chi connectivity index (χ2n) is 3.01. The van der Waals surface area contributed by atoms with Gasteiger partial charge in [-0.1, -0.05) is 22.4 Å². The average Bonchev–Trinajstić information content (AvgIpc) is 2.10. The van der Waals surface area contributed by atoms with E-state index in [1.807, 2.05) is 0 Å². The van der Waals surface area contributed by atoms with E-state index in [2.05, 4.69) is 15.9 Å². The second-order valence-corrected chi connectivity index (χ2v) is 3.81. The van der Waals surface area contributed by atoms with Crippen LogP contribution in [0, 0.1) is 5.92 Å². The lowest BCUT2D eigenvalue weighted by atomic mass is 10.0. The topological polar surface area (TPSA) is 54.4 Å². The summed E-state index contributed by atoms with van der Waals surface area (Å²) in [5, 5.41) is 9.19. The molecule has 0 aliphatic carbocycles. The molecule has 0 rings (SSSR count). The van der Waals surface area contributed by atoms with Gasteiger partial charge in [-0.25, -0.2) is 0 Å². The summed E-state index contributed by atoms with van der Waals surface area (Å²) in [6.45, 7) is 0. The molecule has 0 heterocycles. The number of aliphatic carboxylic acids is 1. The van der Waals surface area contributed by atoms with Gasteiger partial charge >= 0.3 is 5.97 Å². The average molecular weight is 251 g/mol. The SMILES string of the molecule is O=CC(CCBr)CCCCC(=O)O. The molecule has 0 aliphatic rings. The minimum absolute atomic E-state index is 0.0909. The van der Waals surface area contributed by atoms with Crippen LogP contribution in [-0.4, -0.2) is 22.7 Å². The van der Waals surface area contributed by atoms with Gasteiger partial charge in [0.2, 0.25) is 0 Å². The van der Waals surface area contributed by atoms with Crippen LogP contribution in [-0.2, 0) is 9.59 Å². The molecule has 1 N–H and O–H groups in total. The molecule has 0 radical (unpaired) electrons. The van der Waals surface area contributed by atoms with Crippen molar-refractivity contribution in [2.24, 2.45) is 5.92 Å². The van der Waals surface area contributed by atoms with Crippen molar-refractivity contribution in [1.82, 2.24) is 0 Å². The van der Waals surface area contributed by atoms with Crippen LogP contribution in [0.1, 0.15) is 32.1 Å². The highest BCUT2D eigenvalue weighted by atomic mass is 79.9. The summed E-state index contributed by atoms with van der Waals surface area (Å²) in [5.41, 5.74) is 0. The Kier molecular flexibility index (Phi) is 7.99. The van der Waals surface area contributed by atoms with Gasteiger partial charge in [-0.3, -0.25) is 4.79 Å². The van der Waals surface area contributed by atoms with Crippen molar-refractivity contribution >= 4 is 28.2 Å². The lowest BCUT2D eigenvalue weighted by Gasteiger charge is -2.06. The minimum Gasteiger partial charge on any atom is -0.481 e. The van der Waals surface area contributed by atoms with Crippen molar-refractivity contribution in [3.8, 4) is 0 Å². The van der Waals surface area contributed by atoms with Gasteiger partial charge in [0.1, 0.15) is 6.29 Å². The van der Waals surface area contributed by atoms with E-state index in [-0.39, 0.29) is 12.3 Å². The van der Waals surface area contributed by atoms with E-state index in [0.717, 1.165) is 30.9 Å². The summed E-state index contributed by atoms with van der Waals surface area (Å²) in [7, 11) is 0. The molecular formula is C9H15BrO3. The Hall–Kier alpha value is -0.380. The fraction of sp³-hybridized carbons (Fsp3) is 0.778. The van der Waals surface area contributed by atoms with E-state index in [9.17, 15) is 9.59 Å². The summed E-state index contributed by atoms with van der Waals surface area (Å²) >= 11 is 3.27. The van der Waals surface area contributed by atoms with Crippen molar-refractivity contribution in [2.75, 3.05) is 5.33 Å². The van der Waals surface area contributed by atoms with Gasteiger partial charge in [-0.05, 0) is 19.3 Å². The summed E-state index contributed by atoms with van der Waals surface area (Å²) < 4.78 is 0. The Morgan fingerprint density at radius 3 is 2.54 bits per heavy atom. The highest BCUT2D eigenvalue weighted by Gasteiger charge is 2.06. The molecule has 0 saturated carbocycles. The number of aldehydes is 1. The van der Waals surface area contributed by atoms with Crippen molar-refractivity contribution in [1.29, 1.82) is 0 Å². The van der Waals surface area contributed by atoms with Crippen molar-refractivity contribution in [2.45, 2.75) is 32.1 Å². The lowest BCUT2D eigenvalue weighted by molar-refractivity contribution is -0.137. The molecule has 0 aliphatic heterocycles. The van der Waals surface area contributed by atoms with Crippen LogP contribution in [0.5, 0.6) is 0 Å². The van der Waals surface area contributed by atoms with Crippen molar-refractivity contribution in [3.05, 3.63) is 0 Å². The molecule has 4 heteroatoms. The molecule has 0 spiro atoms. The molecule has 3 nitrogen and oxygen atoms in total. The largest absolute Gasteiger partial charge is 0.481 e. The van der Waals surface area contributed by atoms with E-state index >= 15 is 0 Å². The minimum atomic E-state index is -0.761. The number of carboxylic acids is 1. The van der Waals surface area contributed by atoms with Crippen molar-refractivity contribution in [3.63, 3.8) is 0 Å². The number of unbranched alkanes of at least 4 members (excludes halogenated alkanes) is 1. The maximum atomic E-state index is 10.5. The van der Waals surface area contributed by atoms with Gasteiger partial charge in [0.05, 0.1) is 0 Å². The first-order valence-corrected chi connectivity index (χ1v) is 5.56. The number of carbonyl (C=O) groups is 2. The van der Waals surface area contributed by atoms with E-state index in [4.69, 9.17) is 5.11 Å². The zero-order valence-corrected chi connectivity index (χ0v) is 9.13. The molecule has 76 valence electrons. The van der Waals surface area contributed by atoms with Gasteiger partial charge in [-0.2, -0.15) is 0 Å². The normalized spacial score (nSPS) is 12.4. The van der Waals surface area contributed by atoms with Gasteiger partial charge in [0.25, 0.3) is 0 Å². The molecule has 13 heavy (non-hydrogen) atoms. The predicted octanol–water partition coefficient (Wildman–Crippen LogP) is 2.23. The third-order valence-electron chi connectivity index (χ3n) is 1.89. The molecule has 0 saturated heterocycles. The molecule has 0 aromatic carbocycles. The Bertz CT molecular complexity index is 159. The highest BCUT2D eigenvalue weighted by molar-refractivity contribution is 9.09. The zero-order chi connectivity index (χ0) is 10.1. The number of alkyl halides is 1. The summed E-state index contributed by atoms with van der Waals surface area (Å²) in [6.07, 6.45) is 4.31. The summed E-state index contributed by atoms with van der Waals surface area (Å²) in [5.74, 6) is -0.670. The molecule has 0 fully saturated rings. The first kappa shape index (κ1) is 12.6. The summed E-state index contributed by atoms with van der Waals surface area (Å²) in [6, 6.07) is 0. The molecule has 1 atom stereocenters. The first-order chi connectivity index (χ1) is 6.20. The fourth-order valence-electron chi connectivity index (χ4n) is 1.10. The van der Waals surface area contributed by atoms with Gasteiger partial charge < -0.3 is 9.90 Å². The van der Waals surface area contributed by atoms with Crippen LogP contribution in [0.15, 0.2) is 0 Å². The third kappa shape index (κ3) is 7.96. The Morgan fingerprint density at radius 1 is 1.38 bits per heavy atom. The van der Waals surface area contributed by atoms with E-state index < -0.39 is 5.97 Å². The standard InChI is InChI=1S/C9H15BrO3/c10-6-5-8(7-11)3-1-2-4-9(12)13/h7-8H,1-6H2,(H,12,13). The van der Waals surface area contributed by atoms with Crippen LogP contribution < -0.4 is 0 Å². The fourth-order valence-corrected chi connectivity index (χ4v) is 1.69. The molecule has 0 aromatic heterocycles. The highest BCUT2D eigenvalue weighted by Crippen LogP contribution is 2.12. The Morgan fingerprint density at radius 2 is 2.08 bits per heavy atom. The third-order valence-corrected chi connectivity index (χ3v) is 2.35. The Labute approximate surface area is 86.6 Å². The van der Waals surface area contributed by atoms with E-state index in [1.165, 1.54) is 0 Å². The number of hydrogen-bond acceptors (Lipinski definition) is 2. The lowest BCUT2D eigenvalue weighted by Crippen LogP contribution is -2.03. The molecular weight excluding hydrogens is 236 g/mol. The quantitative estimate of drug-likeness (QED) is 0.409. The van der Waals surface area contributed by atoms with Crippen LogP contribution in [0.3, 0.4) is 0 Å². The van der Waals surface area contributed by atoms with Gasteiger partial charge in [0, 0.05) is 17.7 Å². The van der Waals surface area contributed by atoms with Crippen LogP contribution in [0.25, 0.3) is 0 Å². The van der Waals surface area contributed by atoms with Crippen LogP contribution in [0.2, 0.25) is 0 Å². The molecule has 0 amide bonds. The predicted molar refractivity (Wildman–Crippen MR) is 54.1 cm³/mol. The van der Waals surface area contributed by atoms with Crippen LogP contribution >= 0.6 is 15.9 Å². The number of carbonyl (C=O) groups excluding carboxylic acids is 1. The van der Waals surface area contributed by atoms with Gasteiger partial charge in [0.15, 0.2) is 0 Å². The molecule has 0 bridgehead atoms. The maximum absolute atomic E-state index is 10.5. The second kappa shape index (κ2) is 8.23. The number of halogens is 1. The van der Waals surface area contributed by atoms with Crippen LogP contribution in [0.4, 0.5) is 0 Å². The number of carboxylic acid groups (broad SMARTS) is 1. The van der Waals surface area contributed by atoms with E-state index in [0.29, 0.717) is 6.42 Å².